The molecule has 0 atom stereocenters. The smallest absolute Gasteiger partial charge is 0.160 e. The van der Waals surface area contributed by atoms with Crippen LogP contribution in [0.15, 0.2) is 36.4 Å². The van der Waals surface area contributed by atoms with Gasteiger partial charge in [-0.25, -0.2) is 0 Å². The molecule has 0 unspecified atom stereocenters. The summed E-state index contributed by atoms with van der Waals surface area (Å²) in [4.78, 5) is 2.44. The van der Waals surface area contributed by atoms with Gasteiger partial charge >= 0.3 is 0 Å². The summed E-state index contributed by atoms with van der Waals surface area (Å²) in [7, 11) is 3.29. The number of hydrogen-bond acceptors (Lipinski definition) is 4. The van der Waals surface area contributed by atoms with Crippen molar-refractivity contribution in [2.75, 3.05) is 27.3 Å². The summed E-state index contributed by atoms with van der Waals surface area (Å²) in [6.45, 7) is 2.93. The van der Waals surface area contributed by atoms with E-state index in [0.29, 0.717) is 5.75 Å². The van der Waals surface area contributed by atoms with Crippen molar-refractivity contribution >= 4 is 0 Å². The second-order valence-corrected chi connectivity index (χ2v) is 5.92. The Labute approximate surface area is 137 Å². The van der Waals surface area contributed by atoms with Crippen LogP contribution in [0.2, 0.25) is 0 Å². The van der Waals surface area contributed by atoms with Crippen molar-refractivity contribution in [1.29, 1.82) is 0 Å². The number of fused-ring (bicyclic) bond motifs is 1. The monoisotopic (exact) mass is 313 g/mol. The Hall–Kier alpha value is -2.20. The molecule has 1 heterocycles. The van der Waals surface area contributed by atoms with Crippen molar-refractivity contribution in [3.8, 4) is 17.2 Å². The van der Waals surface area contributed by atoms with Crippen molar-refractivity contribution in [2.45, 2.75) is 19.4 Å². The van der Waals surface area contributed by atoms with Crippen molar-refractivity contribution in [1.82, 2.24) is 4.90 Å². The van der Waals surface area contributed by atoms with Crippen LogP contribution in [0.3, 0.4) is 0 Å². The van der Waals surface area contributed by atoms with Gasteiger partial charge < -0.3 is 14.6 Å². The van der Waals surface area contributed by atoms with E-state index in [-0.39, 0.29) is 5.75 Å². The minimum absolute atomic E-state index is 0.232. The van der Waals surface area contributed by atoms with Crippen LogP contribution in [0.25, 0.3) is 0 Å². The van der Waals surface area contributed by atoms with Crippen molar-refractivity contribution in [3.63, 3.8) is 0 Å². The fraction of sp³-hybridized carbons (Fsp3) is 0.368. The lowest BCUT2D eigenvalue weighted by Gasteiger charge is -2.29. The van der Waals surface area contributed by atoms with Crippen LogP contribution in [0, 0.1) is 0 Å². The van der Waals surface area contributed by atoms with Crippen molar-refractivity contribution in [2.24, 2.45) is 0 Å². The predicted molar refractivity (Wildman–Crippen MR) is 90.3 cm³/mol. The Morgan fingerprint density at radius 2 is 1.96 bits per heavy atom. The molecule has 0 bridgehead atoms. The van der Waals surface area contributed by atoms with Crippen LogP contribution in [0.4, 0.5) is 0 Å². The number of methoxy groups -OCH3 is 2. The van der Waals surface area contributed by atoms with Gasteiger partial charge in [-0.2, -0.15) is 0 Å². The van der Waals surface area contributed by atoms with E-state index in [4.69, 9.17) is 9.47 Å². The topological polar surface area (TPSA) is 41.9 Å². The zero-order chi connectivity index (χ0) is 16.2. The third-order valence-electron chi connectivity index (χ3n) is 4.44. The standard InChI is InChI=1S/C19H23NO3/c1-22-17-5-3-4-14(10-17)6-8-20-9-7-15-11-18(21)19(23-2)12-16(15)13-20/h3-5,10-12,21H,6-9,13H2,1-2H3. The van der Waals surface area contributed by atoms with Crippen LogP contribution >= 0.6 is 0 Å². The molecule has 3 rings (SSSR count). The maximum atomic E-state index is 9.88. The first-order chi connectivity index (χ1) is 11.2. The Morgan fingerprint density at radius 3 is 2.74 bits per heavy atom. The van der Waals surface area contributed by atoms with Gasteiger partial charge in [0.15, 0.2) is 11.5 Å². The highest BCUT2D eigenvalue weighted by Gasteiger charge is 2.18. The van der Waals surface area contributed by atoms with Crippen molar-refractivity contribution < 1.29 is 14.6 Å². The third kappa shape index (κ3) is 3.59. The molecule has 2 aromatic carbocycles. The second-order valence-electron chi connectivity index (χ2n) is 5.92. The molecular formula is C19H23NO3. The van der Waals surface area contributed by atoms with Gasteiger partial charge in [-0.1, -0.05) is 12.1 Å². The van der Waals surface area contributed by atoms with Gasteiger partial charge in [-0.3, -0.25) is 4.90 Å². The van der Waals surface area contributed by atoms with Gasteiger partial charge in [0, 0.05) is 19.6 Å². The van der Waals surface area contributed by atoms with Crippen LogP contribution in [0.1, 0.15) is 16.7 Å². The fourth-order valence-corrected chi connectivity index (χ4v) is 3.10. The van der Waals surface area contributed by atoms with Crippen LogP contribution in [0.5, 0.6) is 17.2 Å². The predicted octanol–water partition coefficient (Wildman–Crippen LogP) is 3.01. The van der Waals surface area contributed by atoms with Crippen LogP contribution < -0.4 is 9.47 Å². The van der Waals surface area contributed by atoms with E-state index in [0.717, 1.165) is 38.2 Å². The van der Waals surface area contributed by atoms with E-state index in [1.807, 2.05) is 24.3 Å². The quantitative estimate of drug-likeness (QED) is 0.921. The highest BCUT2D eigenvalue weighted by molar-refractivity contribution is 5.47. The van der Waals surface area contributed by atoms with Crippen molar-refractivity contribution in [3.05, 3.63) is 53.1 Å². The average Bonchev–Trinajstić information content (AvgIpc) is 2.59. The SMILES string of the molecule is COc1cccc(CCN2CCc3cc(O)c(OC)cc3C2)c1. The molecule has 0 saturated carbocycles. The number of nitrogens with zero attached hydrogens (tertiary/aromatic N) is 1. The highest BCUT2D eigenvalue weighted by Crippen LogP contribution is 2.32. The normalized spacial score (nSPS) is 14.3. The van der Waals surface area contributed by atoms with E-state index in [2.05, 4.69) is 17.0 Å². The van der Waals surface area contributed by atoms with E-state index in [1.54, 1.807) is 14.2 Å². The Bertz CT molecular complexity index is 684. The zero-order valence-electron chi connectivity index (χ0n) is 13.7. The van der Waals surface area contributed by atoms with E-state index in [9.17, 15) is 5.11 Å². The first kappa shape index (κ1) is 15.7. The third-order valence-corrected chi connectivity index (χ3v) is 4.44. The molecule has 0 aliphatic carbocycles. The lowest BCUT2D eigenvalue weighted by molar-refractivity contribution is 0.256. The molecule has 2 aromatic rings. The summed E-state index contributed by atoms with van der Waals surface area (Å²) in [5.41, 5.74) is 3.76. The molecule has 0 amide bonds. The maximum Gasteiger partial charge on any atom is 0.160 e. The molecule has 0 spiro atoms. The molecule has 4 heteroatoms. The second kappa shape index (κ2) is 6.92. The molecule has 1 N–H and O–H groups in total. The molecule has 23 heavy (non-hydrogen) atoms. The Balaban J connectivity index is 1.65. The first-order valence-corrected chi connectivity index (χ1v) is 7.93. The lowest BCUT2D eigenvalue weighted by atomic mass is 9.98. The summed E-state index contributed by atoms with van der Waals surface area (Å²) >= 11 is 0. The largest absolute Gasteiger partial charge is 0.504 e. The number of ether oxygens (including phenoxy) is 2. The van der Waals surface area contributed by atoms with Gasteiger partial charge in [-0.05, 0) is 53.8 Å². The minimum atomic E-state index is 0.232. The molecule has 1 aliphatic rings. The summed E-state index contributed by atoms with van der Waals surface area (Å²) in [6, 6.07) is 12.0. The van der Waals surface area contributed by atoms with E-state index >= 15 is 0 Å². The number of aromatic hydroxyl groups is 1. The number of phenols is 1. The molecular weight excluding hydrogens is 290 g/mol. The fourth-order valence-electron chi connectivity index (χ4n) is 3.10. The molecule has 0 saturated heterocycles. The first-order valence-electron chi connectivity index (χ1n) is 7.93. The van der Waals surface area contributed by atoms with Gasteiger partial charge in [-0.15, -0.1) is 0 Å². The van der Waals surface area contributed by atoms with Gasteiger partial charge in [0.2, 0.25) is 0 Å². The molecule has 0 aromatic heterocycles. The minimum Gasteiger partial charge on any atom is -0.504 e. The Morgan fingerprint density at radius 1 is 1.09 bits per heavy atom. The van der Waals surface area contributed by atoms with E-state index < -0.39 is 0 Å². The molecule has 0 fully saturated rings. The molecule has 122 valence electrons. The van der Waals surface area contributed by atoms with Crippen LogP contribution in [-0.2, 0) is 19.4 Å². The average molecular weight is 313 g/mol. The number of phenolic OH excluding ortho intramolecular Hbond substituents is 1. The summed E-state index contributed by atoms with van der Waals surface area (Å²) in [5, 5.41) is 9.88. The number of benzene rings is 2. The highest BCUT2D eigenvalue weighted by atomic mass is 16.5. The van der Waals surface area contributed by atoms with Crippen LogP contribution in [-0.4, -0.2) is 37.3 Å². The van der Waals surface area contributed by atoms with Gasteiger partial charge in [0.1, 0.15) is 5.75 Å². The summed E-state index contributed by atoms with van der Waals surface area (Å²) in [5.74, 6) is 1.70. The molecule has 4 nitrogen and oxygen atoms in total. The number of rotatable bonds is 5. The molecule has 0 radical (unpaired) electrons. The maximum absolute atomic E-state index is 9.88. The van der Waals surface area contributed by atoms with Gasteiger partial charge in [0.05, 0.1) is 14.2 Å². The summed E-state index contributed by atoms with van der Waals surface area (Å²) in [6.07, 6.45) is 1.97. The summed E-state index contributed by atoms with van der Waals surface area (Å²) < 4.78 is 10.5. The lowest BCUT2D eigenvalue weighted by Crippen LogP contribution is -2.32. The zero-order valence-corrected chi connectivity index (χ0v) is 13.7. The molecule has 1 aliphatic heterocycles. The number of hydrogen-bond donors (Lipinski definition) is 1. The van der Waals surface area contributed by atoms with E-state index in [1.165, 1.54) is 16.7 Å². The Kier molecular flexibility index (Phi) is 4.72. The van der Waals surface area contributed by atoms with Gasteiger partial charge in [0.25, 0.3) is 0 Å².